The van der Waals surface area contributed by atoms with E-state index >= 15 is 0 Å². The molecule has 0 radical (unpaired) electrons. The summed E-state index contributed by atoms with van der Waals surface area (Å²) in [5.74, 6) is -0.583. The summed E-state index contributed by atoms with van der Waals surface area (Å²) >= 11 is 1.15. The van der Waals surface area contributed by atoms with Crippen LogP contribution >= 0.6 is 11.8 Å². The maximum absolute atomic E-state index is 12.9. The molecule has 11 heteroatoms. The topological polar surface area (TPSA) is 122 Å². The van der Waals surface area contributed by atoms with Gasteiger partial charge in [-0.25, -0.2) is 9.78 Å². The Morgan fingerprint density at radius 2 is 1.94 bits per heavy atom. The third-order valence-electron chi connectivity index (χ3n) is 5.25. The van der Waals surface area contributed by atoms with Gasteiger partial charge in [0.2, 0.25) is 5.91 Å². The molecule has 1 atom stereocenters. The van der Waals surface area contributed by atoms with Crippen molar-refractivity contribution in [1.29, 1.82) is 0 Å². The normalized spacial score (nSPS) is 18.3. The molecule has 1 saturated heterocycles. The van der Waals surface area contributed by atoms with Gasteiger partial charge in [-0.2, -0.15) is 5.01 Å². The monoisotopic (exact) mass is 453 g/mol. The number of imide groups is 1. The number of carbonyl (C=O) groups excluding carboxylic acids is 3. The minimum atomic E-state index is -1.09. The van der Waals surface area contributed by atoms with Crippen LogP contribution in [0, 0.1) is 13.8 Å². The summed E-state index contributed by atoms with van der Waals surface area (Å²) in [5, 5.41) is 12.1. The number of hydrogen-bond donors (Lipinski definition) is 2. The number of thioether (sulfide) groups is 1. The van der Waals surface area contributed by atoms with Crippen LogP contribution in [-0.4, -0.2) is 53.7 Å². The number of amides is 4. The number of nitrogens with one attached hydrogen (secondary N) is 2. The number of urea groups is 1. The summed E-state index contributed by atoms with van der Waals surface area (Å²) in [5.41, 5.74) is 4.10. The largest absolute Gasteiger partial charge is 0.344 e. The lowest BCUT2D eigenvalue weighted by atomic mass is 9.93. The molecule has 3 heterocycles. The van der Waals surface area contributed by atoms with Gasteiger partial charge < -0.3 is 5.32 Å². The van der Waals surface area contributed by atoms with Gasteiger partial charge in [0.05, 0.1) is 5.75 Å². The van der Waals surface area contributed by atoms with Gasteiger partial charge in [-0.15, -0.1) is 10.2 Å². The number of nitrogens with zero attached hydrogens (tertiary/aromatic N) is 5. The molecule has 1 aliphatic heterocycles. The third kappa shape index (κ3) is 4.28. The average molecular weight is 454 g/mol. The standard InChI is InChI=1S/C21H23N7O3S/c1-13-11-14(2)27-18(22-13)24-25-20(27)32-12-16(29)26-28-17(30)21(3,23-19(28)31)10-9-15-7-5-4-6-8-15/h4-8,11H,9-10,12H2,1-3H3,(H,23,31)(H,26,29). The van der Waals surface area contributed by atoms with Gasteiger partial charge in [-0.05, 0) is 45.2 Å². The van der Waals surface area contributed by atoms with Crippen LogP contribution in [0.3, 0.4) is 0 Å². The van der Waals surface area contributed by atoms with E-state index in [0.717, 1.165) is 33.7 Å². The Morgan fingerprint density at radius 1 is 1.19 bits per heavy atom. The summed E-state index contributed by atoms with van der Waals surface area (Å²) in [7, 11) is 0. The van der Waals surface area contributed by atoms with Crippen molar-refractivity contribution in [2.24, 2.45) is 0 Å². The predicted octanol–water partition coefficient (Wildman–Crippen LogP) is 1.81. The van der Waals surface area contributed by atoms with E-state index in [1.54, 1.807) is 11.3 Å². The highest BCUT2D eigenvalue weighted by molar-refractivity contribution is 7.99. The molecular weight excluding hydrogens is 430 g/mol. The van der Waals surface area contributed by atoms with Crippen molar-refractivity contribution in [2.45, 2.75) is 44.3 Å². The van der Waals surface area contributed by atoms with Crippen molar-refractivity contribution in [3.8, 4) is 0 Å². The van der Waals surface area contributed by atoms with Crippen LogP contribution in [0.15, 0.2) is 41.6 Å². The fourth-order valence-corrected chi connectivity index (χ4v) is 4.35. The Labute approximate surface area is 188 Å². The molecule has 4 rings (SSSR count). The zero-order valence-corrected chi connectivity index (χ0v) is 18.8. The highest BCUT2D eigenvalue weighted by atomic mass is 32.2. The second-order valence-corrected chi connectivity index (χ2v) is 8.81. The van der Waals surface area contributed by atoms with Crippen LogP contribution in [0.5, 0.6) is 0 Å². The zero-order chi connectivity index (χ0) is 22.9. The minimum Gasteiger partial charge on any atom is -0.322 e. The fraction of sp³-hybridized carbons (Fsp3) is 0.333. The summed E-state index contributed by atoms with van der Waals surface area (Å²) in [6.07, 6.45) is 1.04. The first kappa shape index (κ1) is 21.8. The van der Waals surface area contributed by atoms with Gasteiger partial charge in [-0.3, -0.25) is 19.4 Å². The SMILES string of the molecule is Cc1cc(C)n2c(SCC(=O)NN3C(=O)NC(C)(CCc4ccccc4)C3=O)nnc2n1. The Balaban J connectivity index is 1.37. The number of hydrazine groups is 1. The molecule has 1 aliphatic rings. The van der Waals surface area contributed by atoms with Crippen LogP contribution in [0.4, 0.5) is 4.79 Å². The van der Waals surface area contributed by atoms with Crippen molar-refractivity contribution >= 4 is 35.4 Å². The highest BCUT2D eigenvalue weighted by Gasteiger charge is 2.48. The third-order valence-corrected chi connectivity index (χ3v) is 6.18. The van der Waals surface area contributed by atoms with Crippen molar-refractivity contribution in [3.63, 3.8) is 0 Å². The van der Waals surface area contributed by atoms with Gasteiger partial charge in [0.15, 0.2) is 5.16 Å². The molecule has 2 aromatic heterocycles. The molecule has 0 bridgehead atoms. The molecule has 2 N–H and O–H groups in total. The van der Waals surface area contributed by atoms with E-state index in [-0.39, 0.29) is 5.75 Å². The number of hydrogen-bond acceptors (Lipinski definition) is 7. The van der Waals surface area contributed by atoms with Gasteiger partial charge >= 0.3 is 6.03 Å². The minimum absolute atomic E-state index is 0.0497. The molecule has 0 aliphatic carbocycles. The summed E-state index contributed by atoms with van der Waals surface area (Å²) in [6, 6.07) is 11.0. The molecule has 1 aromatic carbocycles. The second-order valence-electron chi connectivity index (χ2n) is 7.87. The summed E-state index contributed by atoms with van der Waals surface area (Å²) in [4.78, 5) is 42.0. The predicted molar refractivity (Wildman–Crippen MR) is 118 cm³/mol. The van der Waals surface area contributed by atoms with Crippen LogP contribution in [-0.2, 0) is 16.0 Å². The lowest BCUT2D eigenvalue weighted by Gasteiger charge is -2.21. The van der Waals surface area contributed by atoms with Gasteiger partial charge in [0.1, 0.15) is 5.54 Å². The second kappa shape index (κ2) is 8.58. The average Bonchev–Trinajstić information content (AvgIpc) is 3.26. The Hall–Kier alpha value is -3.47. The van der Waals surface area contributed by atoms with Crippen molar-refractivity contribution in [1.82, 2.24) is 35.3 Å². The van der Waals surface area contributed by atoms with E-state index in [4.69, 9.17) is 0 Å². The molecule has 0 saturated carbocycles. The first-order chi connectivity index (χ1) is 15.3. The first-order valence-electron chi connectivity index (χ1n) is 10.1. The van der Waals surface area contributed by atoms with Crippen LogP contribution in [0.2, 0.25) is 0 Å². The molecule has 0 spiro atoms. The highest BCUT2D eigenvalue weighted by Crippen LogP contribution is 2.23. The molecule has 10 nitrogen and oxygen atoms in total. The van der Waals surface area contributed by atoms with Crippen LogP contribution in [0.1, 0.15) is 30.3 Å². The van der Waals surface area contributed by atoms with E-state index in [9.17, 15) is 14.4 Å². The first-order valence-corrected chi connectivity index (χ1v) is 11.1. The number of benzene rings is 1. The molecule has 1 unspecified atom stereocenters. The van der Waals surface area contributed by atoms with Crippen LogP contribution < -0.4 is 10.7 Å². The van der Waals surface area contributed by atoms with E-state index < -0.39 is 23.4 Å². The molecule has 4 amide bonds. The van der Waals surface area contributed by atoms with Crippen LogP contribution in [0.25, 0.3) is 5.78 Å². The number of fused-ring (bicyclic) bond motifs is 1. The van der Waals surface area contributed by atoms with Gasteiger partial charge in [0.25, 0.3) is 11.7 Å². The van der Waals surface area contributed by atoms with Crippen molar-refractivity contribution in [3.05, 3.63) is 53.3 Å². The molecule has 166 valence electrons. The van der Waals surface area contributed by atoms with E-state index in [0.29, 0.717) is 23.8 Å². The maximum Gasteiger partial charge on any atom is 0.344 e. The van der Waals surface area contributed by atoms with Crippen molar-refractivity contribution < 1.29 is 14.4 Å². The fourth-order valence-electron chi connectivity index (χ4n) is 3.58. The molecule has 32 heavy (non-hydrogen) atoms. The van der Waals surface area contributed by atoms with Gasteiger partial charge in [0, 0.05) is 11.4 Å². The quantitative estimate of drug-likeness (QED) is 0.413. The Kier molecular flexibility index (Phi) is 5.83. The number of rotatable bonds is 7. The molecule has 3 aromatic rings. The number of carbonyl (C=O) groups is 3. The Morgan fingerprint density at radius 3 is 2.69 bits per heavy atom. The zero-order valence-electron chi connectivity index (χ0n) is 18.0. The smallest absolute Gasteiger partial charge is 0.322 e. The lowest BCUT2D eigenvalue weighted by Crippen LogP contribution is -2.49. The lowest BCUT2D eigenvalue weighted by molar-refractivity contribution is -0.138. The van der Waals surface area contributed by atoms with E-state index in [1.807, 2.05) is 50.2 Å². The van der Waals surface area contributed by atoms with E-state index in [1.165, 1.54) is 0 Å². The summed E-state index contributed by atoms with van der Waals surface area (Å²) < 4.78 is 1.75. The van der Waals surface area contributed by atoms with Gasteiger partial charge in [-0.1, -0.05) is 42.1 Å². The van der Waals surface area contributed by atoms with Crippen molar-refractivity contribution in [2.75, 3.05) is 5.75 Å². The maximum atomic E-state index is 12.9. The number of aryl methyl sites for hydroxylation is 3. The van der Waals surface area contributed by atoms with E-state index in [2.05, 4.69) is 25.9 Å². The summed E-state index contributed by atoms with van der Waals surface area (Å²) in [6.45, 7) is 5.43. The molecule has 1 fully saturated rings. The Bertz CT molecular complexity index is 1200. The molecular formula is C21H23N7O3S. The number of aromatic nitrogens is 4.